The van der Waals surface area contributed by atoms with Crippen LogP contribution >= 0.6 is 12.4 Å². The van der Waals surface area contributed by atoms with E-state index in [1.807, 2.05) is 67.7 Å². The monoisotopic (exact) mass is 426 g/mol. The van der Waals surface area contributed by atoms with Crippen LogP contribution in [0.5, 0.6) is 11.5 Å². The zero-order valence-electron chi connectivity index (χ0n) is 17.0. The molecular formula is C23H27ClN4O2. The molecule has 7 heteroatoms. The van der Waals surface area contributed by atoms with Crippen LogP contribution in [-0.2, 0) is 16.9 Å². The van der Waals surface area contributed by atoms with Crippen molar-refractivity contribution in [2.45, 2.75) is 31.8 Å². The van der Waals surface area contributed by atoms with E-state index in [2.05, 4.69) is 15.7 Å². The number of nitrogens with one attached hydrogen (secondary N) is 2. The highest BCUT2D eigenvalue weighted by molar-refractivity contribution is 5.85. The molecular weight excluding hydrogens is 400 g/mol. The quantitative estimate of drug-likeness (QED) is 0.629. The number of carbonyl (C=O) groups excluding carboxylic acids is 1. The largest absolute Gasteiger partial charge is 0.457 e. The van der Waals surface area contributed by atoms with Crippen LogP contribution in [0.1, 0.15) is 24.0 Å². The molecule has 158 valence electrons. The molecule has 2 aromatic carbocycles. The van der Waals surface area contributed by atoms with E-state index in [4.69, 9.17) is 4.74 Å². The molecule has 1 aromatic heterocycles. The number of hydrogen-bond donors (Lipinski definition) is 2. The van der Waals surface area contributed by atoms with Crippen molar-refractivity contribution < 1.29 is 9.53 Å². The summed E-state index contributed by atoms with van der Waals surface area (Å²) in [7, 11) is 0. The maximum Gasteiger partial charge on any atom is 0.248 e. The van der Waals surface area contributed by atoms with Gasteiger partial charge in [0.2, 0.25) is 5.91 Å². The van der Waals surface area contributed by atoms with Crippen LogP contribution in [0, 0.1) is 6.92 Å². The lowest BCUT2D eigenvalue weighted by molar-refractivity contribution is -0.132. The van der Waals surface area contributed by atoms with Crippen LogP contribution < -0.4 is 15.4 Å². The van der Waals surface area contributed by atoms with Gasteiger partial charge in [-0.1, -0.05) is 35.9 Å². The van der Waals surface area contributed by atoms with Crippen molar-refractivity contribution in [2.24, 2.45) is 0 Å². The number of aromatic nitrogens is 2. The van der Waals surface area contributed by atoms with E-state index < -0.39 is 5.54 Å². The summed E-state index contributed by atoms with van der Waals surface area (Å²) in [5, 5.41) is 10.8. The van der Waals surface area contributed by atoms with Crippen molar-refractivity contribution >= 4 is 18.3 Å². The van der Waals surface area contributed by atoms with E-state index >= 15 is 0 Å². The highest BCUT2D eigenvalue weighted by atomic mass is 35.5. The van der Waals surface area contributed by atoms with E-state index in [9.17, 15) is 4.79 Å². The number of para-hydroxylation sites is 1. The number of nitrogens with zero attached hydrogens (tertiary/aromatic N) is 2. The second kappa shape index (κ2) is 9.78. The van der Waals surface area contributed by atoms with Crippen LogP contribution in [0.25, 0.3) is 0 Å². The number of rotatable bonds is 6. The molecule has 1 aliphatic heterocycles. The average Bonchev–Trinajstić information content (AvgIpc) is 3.30. The first kappa shape index (κ1) is 21.9. The summed E-state index contributed by atoms with van der Waals surface area (Å²) in [6.07, 6.45) is 5.02. The first-order valence-electron chi connectivity index (χ1n) is 9.99. The molecule has 1 saturated heterocycles. The van der Waals surface area contributed by atoms with Crippen molar-refractivity contribution in [3.63, 3.8) is 0 Å². The molecule has 6 nitrogen and oxygen atoms in total. The molecule has 1 fully saturated rings. The Hall–Kier alpha value is -2.83. The van der Waals surface area contributed by atoms with Gasteiger partial charge in [0, 0.05) is 24.5 Å². The number of ether oxygens (including phenoxy) is 1. The number of halogens is 1. The Labute approximate surface area is 183 Å². The van der Waals surface area contributed by atoms with Crippen molar-refractivity contribution in [2.75, 3.05) is 13.1 Å². The van der Waals surface area contributed by atoms with E-state index in [1.165, 1.54) is 5.56 Å². The minimum atomic E-state index is -0.651. The van der Waals surface area contributed by atoms with Gasteiger partial charge in [0.25, 0.3) is 0 Å². The maximum atomic E-state index is 13.3. The van der Waals surface area contributed by atoms with Crippen molar-refractivity contribution in [1.29, 1.82) is 0 Å². The Bertz CT molecular complexity index is 952. The molecule has 0 radical (unpaired) electrons. The van der Waals surface area contributed by atoms with E-state index in [0.29, 0.717) is 19.4 Å². The maximum absolute atomic E-state index is 13.3. The first-order chi connectivity index (χ1) is 14.2. The Balaban J connectivity index is 0.00000256. The molecule has 0 atom stereocenters. The SMILES string of the molecule is Cc1ccc(Oc2ccccc2CNC(=O)C2(n3cccn3)CCNCC2)cc1.Cl. The van der Waals surface area contributed by atoms with Crippen LogP contribution in [0.15, 0.2) is 67.0 Å². The Morgan fingerprint density at radius 2 is 1.87 bits per heavy atom. The van der Waals surface area contributed by atoms with Crippen LogP contribution in [0.2, 0.25) is 0 Å². The molecule has 30 heavy (non-hydrogen) atoms. The van der Waals surface area contributed by atoms with E-state index in [1.54, 1.807) is 10.9 Å². The molecule has 1 amide bonds. The number of piperidine rings is 1. The summed E-state index contributed by atoms with van der Waals surface area (Å²) in [6, 6.07) is 17.6. The molecule has 2 heterocycles. The molecule has 0 aliphatic carbocycles. The number of aryl methyl sites for hydroxylation is 1. The minimum absolute atomic E-state index is 0. The molecule has 0 saturated carbocycles. The summed E-state index contributed by atoms with van der Waals surface area (Å²) in [5.41, 5.74) is 1.47. The van der Waals surface area contributed by atoms with E-state index in [-0.39, 0.29) is 18.3 Å². The molecule has 0 spiro atoms. The normalized spacial score (nSPS) is 15.1. The third kappa shape index (κ3) is 4.66. The second-order valence-corrected chi connectivity index (χ2v) is 7.44. The number of benzene rings is 2. The van der Waals surface area contributed by atoms with Crippen molar-refractivity contribution in [1.82, 2.24) is 20.4 Å². The Kier molecular flexibility index (Phi) is 7.13. The molecule has 3 aromatic rings. The average molecular weight is 427 g/mol. The van der Waals surface area contributed by atoms with Crippen LogP contribution in [0.4, 0.5) is 0 Å². The number of hydrogen-bond acceptors (Lipinski definition) is 4. The smallest absolute Gasteiger partial charge is 0.248 e. The van der Waals surface area contributed by atoms with Gasteiger partial charge in [0.05, 0.1) is 0 Å². The van der Waals surface area contributed by atoms with Gasteiger partial charge < -0.3 is 15.4 Å². The summed E-state index contributed by atoms with van der Waals surface area (Å²) in [4.78, 5) is 13.3. The number of amides is 1. The molecule has 1 aliphatic rings. The van der Waals surface area contributed by atoms with Gasteiger partial charge >= 0.3 is 0 Å². The Morgan fingerprint density at radius 3 is 2.57 bits per heavy atom. The summed E-state index contributed by atoms with van der Waals surface area (Å²) < 4.78 is 7.86. The topological polar surface area (TPSA) is 68.2 Å². The van der Waals surface area contributed by atoms with E-state index in [0.717, 1.165) is 30.2 Å². The summed E-state index contributed by atoms with van der Waals surface area (Å²) in [6.45, 7) is 4.03. The second-order valence-electron chi connectivity index (χ2n) is 7.44. The highest BCUT2D eigenvalue weighted by Crippen LogP contribution is 2.29. The molecule has 0 unspecified atom stereocenters. The fourth-order valence-corrected chi connectivity index (χ4v) is 3.75. The lowest BCUT2D eigenvalue weighted by Gasteiger charge is -2.36. The van der Waals surface area contributed by atoms with Gasteiger partial charge in [-0.15, -0.1) is 12.4 Å². The zero-order valence-corrected chi connectivity index (χ0v) is 17.8. The van der Waals surface area contributed by atoms with Crippen LogP contribution in [0.3, 0.4) is 0 Å². The van der Waals surface area contributed by atoms with Crippen molar-refractivity contribution in [3.8, 4) is 11.5 Å². The van der Waals surface area contributed by atoms with Gasteiger partial charge in [-0.25, -0.2) is 0 Å². The van der Waals surface area contributed by atoms with Crippen LogP contribution in [-0.4, -0.2) is 28.8 Å². The van der Waals surface area contributed by atoms with Gasteiger partial charge in [0.1, 0.15) is 17.0 Å². The minimum Gasteiger partial charge on any atom is -0.457 e. The van der Waals surface area contributed by atoms with Crippen molar-refractivity contribution in [3.05, 3.63) is 78.1 Å². The predicted octanol–water partition coefficient (Wildman–Crippen LogP) is 3.80. The predicted molar refractivity (Wildman–Crippen MR) is 119 cm³/mol. The van der Waals surface area contributed by atoms with Gasteiger partial charge in [-0.05, 0) is 57.1 Å². The fourth-order valence-electron chi connectivity index (χ4n) is 3.75. The summed E-state index contributed by atoms with van der Waals surface area (Å²) >= 11 is 0. The third-order valence-corrected chi connectivity index (χ3v) is 5.46. The van der Waals surface area contributed by atoms with Gasteiger partial charge in [0.15, 0.2) is 0 Å². The van der Waals surface area contributed by atoms with Gasteiger partial charge in [-0.3, -0.25) is 9.48 Å². The molecule has 2 N–H and O–H groups in total. The molecule has 4 rings (SSSR count). The lowest BCUT2D eigenvalue weighted by atomic mass is 9.87. The summed E-state index contributed by atoms with van der Waals surface area (Å²) in [5.74, 6) is 1.52. The Morgan fingerprint density at radius 1 is 1.13 bits per heavy atom. The third-order valence-electron chi connectivity index (χ3n) is 5.46. The first-order valence-corrected chi connectivity index (χ1v) is 9.99. The standard InChI is InChI=1S/C23H26N4O2.ClH/c1-18-7-9-20(10-8-18)29-21-6-3-2-5-19(21)17-25-22(28)23(11-14-24-15-12-23)27-16-4-13-26-27;/h2-10,13,16,24H,11-12,14-15,17H2,1H3,(H,25,28);1H. The number of carbonyl (C=O) groups is 1. The zero-order chi connectivity index (χ0) is 20.1. The lowest BCUT2D eigenvalue weighted by Crippen LogP contribution is -2.54. The molecule has 0 bridgehead atoms. The fraction of sp³-hybridized carbons (Fsp3) is 0.304. The highest BCUT2D eigenvalue weighted by Gasteiger charge is 2.41. The van der Waals surface area contributed by atoms with Gasteiger partial charge in [-0.2, -0.15) is 5.10 Å².